The molecule has 0 aromatic rings. The van der Waals surface area contributed by atoms with E-state index in [0.29, 0.717) is 6.04 Å². The number of nitrogens with zero attached hydrogens (tertiary/aromatic N) is 1. The van der Waals surface area contributed by atoms with E-state index in [9.17, 15) is 5.11 Å². The Balaban J connectivity index is 3.94. The van der Waals surface area contributed by atoms with Gasteiger partial charge in [-0.2, -0.15) is 0 Å². The molecule has 0 bridgehead atoms. The van der Waals surface area contributed by atoms with E-state index < -0.39 is 0 Å². The van der Waals surface area contributed by atoms with Crippen LogP contribution in [-0.2, 0) is 0 Å². The summed E-state index contributed by atoms with van der Waals surface area (Å²) in [5.74, 6) is 0.756. The molecule has 0 aliphatic heterocycles. The molecule has 0 heterocycles. The summed E-state index contributed by atoms with van der Waals surface area (Å²) in [7, 11) is 2.20. The Bertz CT molecular complexity index is 209. The summed E-state index contributed by atoms with van der Waals surface area (Å²) >= 11 is 0. The van der Waals surface area contributed by atoms with Crippen molar-refractivity contribution < 1.29 is 5.11 Å². The molecular formula is C15H34N2O. The number of aliphatic hydroxyl groups is 1. The zero-order valence-corrected chi connectivity index (χ0v) is 13.3. The Morgan fingerprint density at radius 1 is 1.28 bits per heavy atom. The minimum Gasteiger partial charge on any atom is -0.394 e. The van der Waals surface area contributed by atoms with E-state index in [1.165, 1.54) is 6.42 Å². The van der Waals surface area contributed by atoms with Gasteiger partial charge in [0.25, 0.3) is 0 Å². The minimum atomic E-state index is -0.114. The maximum Gasteiger partial charge on any atom is 0.0610 e. The van der Waals surface area contributed by atoms with E-state index in [1.807, 2.05) is 0 Å². The molecule has 0 saturated heterocycles. The molecule has 0 aromatic heterocycles. The summed E-state index contributed by atoms with van der Waals surface area (Å²) in [6, 6.07) is 0.643. The summed E-state index contributed by atoms with van der Waals surface area (Å²) in [4.78, 5) is 2.43. The largest absolute Gasteiger partial charge is 0.394 e. The molecule has 0 aromatic carbocycles. The molecule has 0 fully saturated rings. The maximum absolute atomic E-state index is 9.43. The van der Waals surface area contributed by atoms with E-state index in [4.69, 9.17) is 0 Å². The molecule has 0 radical (unpaired) electrons. The normalized spacial score (nSPS) is 17.2. The van der Waals surface area contributed by atoms with Gasteiger partial charge in [-0.15, -0.1) is 0 Å². The average molecular weight is 258 g/mol. The molecule has 0 spiro atoms. The molecule has 2 N–H and O–H groups in total. The van der Waals surface area contributed by atoms with Gasteiger partial charge in [-0.1, -0.05) is 20.8 Å². The van der Waals surface area contributed by atoms with E-state index in [-0.39, 0.29) is 12.1 Å². The first kappa shape index (κ1) is 17.9. The van der Waals surface area contributed by atoms with Crippen molar-refractivity contribution in [3.63, 3.8) is 0 Å². The third kappa shape index (κ3) is 7.34. The second-order valence-corrected chi connectivity index (χ2v) is 6.31. The summed E-state index contributed by atoms with van der Waals surface area (Å²) in [5, 5.41) is 12.8. The van der Waals surface area contributed by atoms with Crippen LogP contribution in [0.2, 0.25) is 0 Å². The Morgan fingerprint density at radius 2 is 1.89 bits per heavy atom. The summed E-state index contributed by atoms with van der Waals surface area (Å²) in [6.45, 7) is 13.3. The van der Waals surface area contributed by atoms with Crippen molar-refractivity contribution in [1.29, 1.82) is 0 Å². The molecule has 0 amide bonds. The first-order valence-electron chi connectivity index (χ1n) is 7.40. The molecule has 0 aliphatic rings. The van der Waals surface area contributed by atoms with Gasteiger partial charge in [0.2, 0.25) is 0 Å². The number of hydrogen-bond donors (Lipinski definition) is 2. The van der Waals surface area contributed by atoms with Crippen LogP contribution in [0, 0.1) is 5.92 Å². The fraction of sp³-hybridized carbons (Fsp3) is 1.00. The number of hydrogen-bond acceptors (Lipinski definition) is 3. The van der Waals surface area contributed by atoms with Crippen LogP contribution in [0.4, 0.5) is 0 Å². The van der Waals surface area contributed by atoms with Gasteiger partial charge in [-0.25, -0.2) is 0 Å². The summed E-state index contributed by atoms with van der Waals surface area (Å²) in [6.07, 6.45) is 3.40. The standard InChI is InChI=1S/C15H34N2O/c1-7-16-15(5,12-18)9-8-10-17(6)14(4)11-13(2)3/h13-14,16,18H,7-12H2,1-6H3. The number of likely N-dealkylation sites (N-methyl/N-ethyl adjacent to an activating group) is 1. The SMILES string of the molecule is CCNC(C)(CO)CCCN(C)C(C)CC(C)C. The molecule has 3 nitrogen and oxygen atoms in total. The van der Waals surface area contributed by atoms with Gasteiger partial charge >= 0.3 is 0 Å². The molecule has 0 aliphatic carbocycles. The highest BCUT2D eigenvalue weighted by Gasteiger charge is 2.21. The van der Waals surface area contributed by atoms with Crippen molar-refractivity contribution in [2.45, 2.75) is 65.5 Å². The van der Waals surface area contributed by atoms with Crippen LogP contribution in [0.25, 0.3) is 0 Å². The van der Waals surface area contributed by atoms with Gasteiger partial charge in [0.05, 0.1) is 6.61 Å². The Hall–Kier alpha value is -0.120. The van der Waals surface area contributed by atoms with Crippen LogP contribution in [0.3, 0.4) is 0 Å². The van der Waals surface area contributed by atoms with Crippen LogP contribution < -0.4 is 5.32 Å². The van der Waals surface area contributed by atoms with Gasteiger partial charge in [-0.3, -0.25) is 0 Å². The van der Waals surface area contributed by atoms with Crippen molar-refractivity contribution >= 4 is 0 Å². The molecule has 110 valence electrons. The van der Waals surface area contributed by atoms with E-state index >= 15 is 0 Å². The highest BCUT2D eigenvalue weighted by atomic mass is 16.3. The lowest BCUT2D eigenvalue weighted by molar-refractivity contribution is 0.154. The molecular weight excluding hydrogens is 224 g/mol. The molecule has 2 unspecified atom stereocenters. The van der Waals surface area contributed by atoms with Crippen LogP contribution >= 0.6 is 0 Å². The topological polar surface area (TPSA) is 35.5 Å². The van der Waals surface area contributed by atoms with Crippen molar-refractivity contribution in [2.24, 2.45) is 5.92 Å². The van der Waals surface area contributed by atoms with Gasteiger partial charge in [0, 0.05) is 11.6 Å². The Kier molecular flexibility index (Phi) is 8.83. The molecule has 2 atom stereocenters. The summed E-state index contributed by atoms with van der Waals surface area (Å²) in [5.41, 5.74) is -0.114. The van der Waals surface area contributed by atoms with Crippen molar-refractivity contribution in [3.05, 3.63) is 0 Å². The van der Waals surface area contributed by atoms with Gasteiger partial charge in [-0.05, 0) is 59.2 Å². The van der Waals surface area contributed by atoms with E-state index in [0.717, 1.165) is 31.8 Å². The second kappa shape index (κ2) is 8.89. The molecule has 0 rings (SSSR count). The van der Waals surface area contributed by atoms with Crippen LogP contribution in [-0.4, -0.2) is 48.3 Å². The predicted octanol–water partition coefficient (Wildman–Crippen LogP) is 2.49. The molecule has 0 saturated carbocycles. The molecule has 18 heavy (non-hydrogen) atoms. The van der Waals surface area contributed by atoms with Crippen molar-refractivity contribution in [3.8, 4) is 0 Å². The number of aliphatic hydroxyl groups excluding tert-OH is 1. The fourth-order valence-corrected chi connectivity index (χ4v) is 2.45. The summed E-state index contributed by atoms with van der Waals surface area (Å²) < 4.78 is 0. The second-order valence-electron chi connectivity index (χ2n) is 6.31. The third-order valence-corrected chi connectivity index (χ3v) is 3.76. The van der Waals surface area contributed by atoms with Gasteiger partial charge in [0.15, 0.2) is 0 Å². The smallest absolute Gasteiger partial charge is 0.0610 e. The van der Waals surface area contributed by atoms with Crippen molar-refractivity contribution in [1.82, 2.24) is 10.2 Å². The highest BCUT2D eigenvalue weighted by Crippen LogP contribution is 2.14. The maximum atomic E-state index is 9.43. The first-order valence-corrected chi connectivity index (χ1v) is 7.40. The number of nitrogens with one attached hydrogen (secondary N) is 1. The predicted molar refractivity (Wildman–Crippen MR) is 79.9 cm³/mol. The lowest BCUT2D eigenvalue weighted by Crippen LogP contribution is -2.46. The highest BCUT2D eigenvalue weighted by molar-refractivity contribution is 4.82. The quantitative estimate of drug-likeness (QED) is 0.632. The first-order chi connectivity index (χ1) is 8.34. The fourth-order valence-electron chi connectivity index (χ4n) is 2.45. The van der Waals surface area contributed by atoms with Crippen LogP contribution in [0.15, 0.2) is 0 Å². The minimum absolute atomic E-state index is 0.114. The Morgan fingerprint density at radius 3 is 2.33 bits per heavy atom. The van der Waals surface area contributed by atoms with Crippen molar-refractivity contribution in [2.75, 3.05) is 26.7 Å². The Labute approximate surface area is 114 Å². The molecule has 3 heteroatoms. The zero-order chi connectivity index (χ0) is 14.2. The lowest BCUT2D eigenvalue weighted by atomic mass is 9.96. The lowest BCUT2D eigenvalue weighted by Gasteiger charge is -2.31. The third-order valence-electron chi connectivity index (χ3n) is 3.76. The monoisotopic (exact) mass is 258 g/mol. The van der Waals surface area contributed by atoms with Crippen LogP contribution in [0.5, 0.6) is 0 Å². The van der Waals surface area contributed by atoms with Crippen LogP contribution in [0.1, 0.15) is 53.9 Å². The van der Waals surface area contributed by atoms with Gasteiger partial charge in [0.1, 0.15) is 0 Å². The van der Waals surface area contributed by atoms with Gasteiger partial charge < -0.3 is 15.3 Å². The van der Waals surface area contributed by atoms with E-state index in [1.54, 1.807) is 0 Å². The average Bonchev–Trinajstić information content (AvgIpc) is 2.28. The van der Waals surface area contributed by atoms with E-state index in [2.05, 4.69) is 51.9 Å². The number of rotatable bonds is 10. The zero-order valence-electron chi connectivity index (χ0n) is 13.3.